The minimum Gasteiger partial charge on any atom is -0.379 e. The van der Waals surface area contributed by atoms with E-state index in [4.69, 9.17) is 32.7 Å². The number of hydrogen-bond acceptors (Lipinski definition) is 4. The summed E-state index contributed by atoms with van der Waals surface area (Å²) in [4.78, 5) is 26.8. The number of aromatic nitrogens is 1. The fourth-order valence-corrected chi connectivity index (χ4v) is 4.51. The van der Waals surface area contributed by atoms with Crippen LogP contribution in [0.15, 0.2) is 23.1 Å². The normalized spacial score (nSPS) is 36.1. The number of ether oxygens (including phenoxy) is 2. The molecule has 2 N–H and O–H groups in total. The number of methoxy groups -OCH3 is 1. The first-order valence-corrected chi connectivity index (χ1v) is 10.3. The Labute approximate surface area is 173 Å². The minimum absolute atomic E-state index is 0.278. The number of H-pyrrole nitrogens is 1. The van der Waals surface area contributed by atoms with E-state index in [2.05, 4.69) is 10.3 Å². The average molecular weight is 435 g/mol. The maximum atomic E-state index is 13.7. The van der Waals surface area contributed by atoms with Crippen molar-refractivity contribution in [3.05, 3.63) is 28.7 Å². The number of carbonyl (C=O) groups is 1. The molecule has 156 valence electrons. The lowest BCUT2D eigenvalue weighted by Gasteiger charge is -2.40. The molecule has 0 radical (unpaired) electrons. The summed E-state index contributed by atoms with van der Waals surface area (Å²) in [6.07, 6.45) is 1.41. The summed E-state index contributed by atoms with van der Waals surface area (Å²) in [5.41, 5.74) is 0.0931. The van der Waals surface area contributed by atoms with Gasteiger partial charge in [-0.15, -0.1) is 23.2 Å². The molecule has 1 heterocycles. The average Bonchev–Trinajstić information content (AvgIpc) is 2.65. The number of hydrogen-bond donors (Lipinski definition) is 2. The van der Waals surface area contributed by atoms with E-state index >= 15 is 0 Å². The van der Waals surface area contributed by atoms with Crippen LogP contribution in [0.1, 0.15) is 32.1 Å². The quantitative estimate of drug-likeness (QED) is 0.697. The Kier molecular flexibility index (Phi) is 7.36. The Morgan fingerprint density at radius 1 is 1.18 bits per heavy atom. The third kappa shape index (κ3) is 5.26. The molecule has 1 amide bonds. The predicted molar refractivity (Wildman–Crippen MR) is 106 cm³/mol. The maximum absolute atomic E-state index is 13.7. The molecule has 6 nitrogen and oxygen atoms in total. The monoisotopic (exact) mass is 434 g/mol. The van der Waals surface area contributed by atoms with Crippen molar-refractivity contribution in [2.45, 2.75) is 67.3 Å². The van der Waals surface area contributed by atoms with E-state index in [0.717, 1.165) is 0 Å². The van der Waals surface area contributed by atoms with Gasteiger partial charge in [-0.1, -0.05) is 0 Å². The predicted octanol–water partition coefficient (Wildman–Crippen LogP) is 3.23. The number of rotatable bonds is 5. The van der Waals surface area contributed by atoms with E-state index in [9.17, 15) is 14.0 Å². The van der Waals surface area contributed by atoms with Gasteiger partial charge in [0.05, 0.1) is 35.0 Å². The number of halogens is 3. The van der Waals surface area contributed by atoms with Gasteiger partial charge in [0.15, 0.2) is 0 Å². The second-order valence-electron chi connectivity index (χ2n) is 7.44. The van der Waals surface area contributed by atoms with Crippen molar-refractivity contribution in [3.63, 3.8) is 0 Å². The van der Waals surface area contributed by atoms with Gasteiger partial charge in [0, 0.05) is 31.5 Å². The van der Waals surface area contributed by atoms with Crippen molar-refractivity contribution >= 4 is 34.8 Å². The van der Waals surface area contributed by atoms with E-state index in [1.54, 1.807) is 6.07 Å². The summed E-state index contributed by atoms with van der Waals surface area (Å²) < 4.78 is 25.3. The molecule has 28 heavy (non-hydrogen) atoms. The van der Waals surface area contributed by atoms with Gasteiger partial charge in [0.1, 0.15) is 6.17 Å². The van der Waals surface area contributed by atoms with Gasteiger partial charge in [-0.05, 0) is 31.7 Å². The number of anilines is 1. The standard InChI is InChI=1S/C19H25Cl2FN2O4/c1-27-17-6-10(22)2-3-15(17)28-16-9-14(21)13(20)8-12(16)19(26)24-11-4-5-23-18(25)7-11/h4-5,7,10,12-17H,2-3,6,8-9H2,1H3,(H2,23,24,25,26). The number of pyridine rings is 1. The Bertz CT molecular complexity index is 734. The Morgan fingerprint density at radius 2 is 1.93 bits per heavy atom. The molecule has 0 spiro atoms. The largest absolute Gasteiger partial charge is 0.379 e. The van der Waals surface area contributed by atoms with Crippen LogP contribution >= 0.6 is 23.2 Å². The molecular weight excluding hydrogens is 410 g/mol. The third-order valence-corrected chi connectivity index (χ3v) is 6.57. The molecule has 1 aromatic heterocycles. The molecule has 2 saturated carbocycles. The molecule has 0 saturated heterocycles. The first kappa shape index (κ1) is 21.6. The lowest BCUT2D eigenvalue weighted by atomic mass is 9.84. The Morgan fingerprint density at radius 3 is 2.64 bits per heavy atom. The van der Waals surface area contributed by atoms with Crippen LogP contribution in [0.3, 0.4) is 0 Å². The Balaban J connectivity index is 1.72. The van der Waals surface area contributed by atoms with Gasteiger partial charge in [0.2, 0.25) is 11.5 Å². The highest BCUT2D eigenvalue weighted by molar-refractivity contribution is 6.30. The molecule has 0 bridgehead atoms. The van der Waals surface area contributed by atoms with E-state index < -0.39 is 18.2 Å². The van der Waals surface area contributed by atoms with Crippen LogP contribution in [0.25, 0.3) is 0 Å². The van der Waals surface area contributed by atoms with Gasteiger partial charge in [-0.2, -0.15) is 0 Å². The van der Waals surface area contributed by atoms with E-state index in [-0.39, 0.29) is 40.8 Å². The first-order chi connectivity index (χ1) is 13.4. The zero-order chi connectivity index (χ0) is 20.3. The molecule has 9 heteroatoms. The summed E-state index contributed by atoms with van der Waals surface area (Å²) in [6, 6.07) is 2.91. The van der Waals surface area contributed by atoms with Crippen molar-refractivity contribution in [2.24, 2.45) is 5.92 Å². The van der Waals surface area contributed by atoms with Crippen LogP contribution in [0.5, 0.6) is 0 Å². The van der Waals surface area contributed by atoms with E-state index in [1.165, 1.54) is 19.4 Å². The van der Waals surface area contributed by atoms with Crippen LogP contribution in [-0.4, -0.2) is 53.2 Å². The van der Waals surface area contributed by atoms with Gasteiger partial charge in [0.25, 0.3) is 0 Å². The molecule has 7 unspecified atom stereocenters. The van der Waals surface area contributed by atoms with E-state index in [0.29, 0.717) is 31.4 Å². The summed E-state index contributed by atoms with van der Waals surface area (Å²) in [7, 11) is 1.54. The first-order valence-electron chi connectivity index (χ1n) is 9.47. The van der Waals surface area contributed by atoms with Crippen molar-refractivity contribution in [1.82, 2.24) is 4.98 Å². The van der Waals surface area contributed by atoms with Crippen molar-refractivity contribution < 1.29 is 18.7 Å². The molecule has 2 fully saturated rings. The smallest absolute Gasteiger partial charge is 0.249 e. The zero-order valence-corrected chi connectivity index (χ0v) is 17.1. The second-order valence-corrected chi connectivity index (χ2v) is 8.56. The lowest BCUT2D eigenvalue weighted by molar-refractivity contribution is -0.149. The van der Waals surface area contributed by atoms with Crippen LogP contribution in [0.4, 0.5) is 10.1 Å². The zero-order valence-electron chi connectivity index (χ0n) is 15.6. The molecule has 0 aliphatic heterocycles. The molecule has 7 atom stereocenters. The molecule has 2 aliphatic carbocycles. The van der Waals surface area contributed by atoms with Gasteiger partial charge < -0.3 is 19.8 Å². The number of carbonyl (C=O) groups excluding carboxylic acids is 1. The highest BCUT2D eigenvalue weighted by atomic mass is 35.5. The summed E-state index contributed by atoms with van der Waals surface area (Å²) in [6.45, 7) is 0. The maximum Gasteiger partial charge on any atom is 0.249 e. The Hall–Kier alpha value is -1.15. The molecule has 1 aromatic rings. The topological polar surface area (TPSA) is 80.4 Å². The number of aromatic amines is 1. The molecule has 3 rings (SSSR count). The fourth-order valence-electron chi connectivity index (χ4n) is 3.94. The minimum atomic E-state index is -0.903. The van der Waals surface area contributed by atoms with Crippen molar-refractivity contribution in [3.8, 4) is 0 Å². The molecule has 2 aliphatic rings. The molecule has 0 aromatic carbocycles. The van der Waals surface area contributed by atoms with Crippen LogP contribution in [0.2, 0.25) is 0 Å². The van der Waals surface area contributed by atoms with Crippen LogP contribution < -0.4 is 10.9 Å². The number of alkyl halides is 3. The van der Waals surface area contributed by atoms with Crippen molar-refractivity contribution in [1.29, 1.82) is 0 Å². The summed E-state index contributed by atoms with van der Waals surface area (Å²) in [5.74, 6) is -0.810. The fraction of sp³-hybridized carbons (Fsp3) is 0.684. The van der Waals surface area contributed by atoms with Crippen LogP contribution in [-0.2, 0) is 14.3 Å². The SMILES string of the molecule is COC1CC(F)CCC1OC1CC(Cl)C(Cl)CC1C(=O)Nc1cc[nH]c(=O)c1. The van der Waals surface area contributed by atoms with Gasteiger partial charge in [-0.25, -0.2) is 4.39 Å². The van der Waals surface area contributed by atoms with Gasteiger partial charge >= 0.3 is 0 Å². The molecular formula is C19H25Cl2FN2O4. The second kappa shape index (κ2) is 9.57. The third-order valence-electron chi connectivity index (χ3n) is 5.48. The summed E-state index contributed by atoms with van der Waals surface area (Å²) in [5, 5.41) is 2.07. The highest BCUT2D eigenvalue weighted by Crippen LogP contribution is 2.37. The number of nitrogens with one attached hydrogen (secondary N) is 2. The van der Waals surface area contributed by atoms with Crippen LogP contribution in [0, 0.1) is 5.92 Å². The highest BCUT2D eigenvalue weighted by Gasteiger charge is 2.43. The van der Waals surface area contributed by atoms with Crippen molar-refractivity contribution in [2.75, 3.05) is 12.4 Å². The number of amides is 1. The lowest BCUT2D eigenvalue weighted by Crippen LogP contribution is -2.48. The van der Waals surface area contributed by atoms with Gasteiger partial charge in [-0.3, -0.25) is 9.59 Å². The van der Waals surface area contributed by atoms with E-state index in [1.807, 2.05) is 0 Å². The summed E-state index contributed by atoms with van der Waals surface area (Å²) >= 11 is 12.7.